The Hall–Kier alpha value is -4.29. The molecule has 0 radical (unpaired) electrons. The van der Waals surface area contributed by atoms with Crippen LogP contribution in [0.4, 0.5) is 0 Å². The second-order valence-electron chi connectivity index (χ2n) is 13.9. The maximum Gasteiger partial charge on any atom is 0.338 e. The molecule has 1 spiro atoms. The zero-order chi connectivity index (χ0) is 35.8. The van der Waals surface area contributed by atoms with Gasteiger partial charge in [-0.1, -0.05) is 48.5 Å². The van der Waals surface area contributed by atoms with Crippen molar-refractivity contribution < 1.29 is 57.5 Å². The first-order chi connectivity index (χ1) is 23.0. The molecular formula is C37H44O12. The summed E-state index contributed by atoms with van der Waals surface area (Å²) in [4.78, 5) is 65.6. The molecule has 1 saturated heterocycles. The molecule has 5 rings (SSSR count). The quantitative estimate of drug-likeness (QED) is 0.285. The van der Waals surface area contributed by atoms with E-state index >= 15 is 0 Å². The third-order valence-electron chi connectivity index (χ3n) is 10.2. The molecule has 8 atom stereocenters. The molecule has 12 heteroatoms. The van der Waals surface area contributed by atoms with Crippen molar-refractivity contribution in [3.05, 3.63) is 71.8 Å². The van der Waals surface area contributed by atoms with Gasteiger partial charge in [-0.2, -0.15) is 0 Å². The van der Waals surface area contributed by atoms with Crippen molar-refractivity contribution in [1.82, 2.24) is 0 Å². The van der Waals surface area contributed by atoms with E-state index in [0.717, 1.165) is 5.56 Å². The molecule has 3 fully saturated rings. The summed E-state index contributed by atoms with van der Waals surface area (Å²) in [7, 11) is 0. The average molecular weight is 681 g/mol. The van der Waals surface area contributed by atoms with Crippen LogP contribution in [0.5, 0.6) is 0 Å². The van der Waals surface area contributed by atoms with E-state index in [9.17, 15) is 29.1 Å². The summed E-state index contributed by atoms with van der Waals surface area (Å²) in [6.07, 6.45) is -5.43. The Morgan fingerprint density at radius 2 is 1.41 bits per heavy atom. The molecule has 2 bridgehead atoms. The summed E-state index contributed by atoms with van der Waals surface area (Å²) < 4.78 is 37.0. The van der Waals surface area contributed by atoms with E-state index in [4.69, 9.17) is 28.4 Å². The molecule has 49 heavy (non-hydrogen) atoms. The van der Waals surface area contributed by atoms with Gasteiger partial charge in [-0.05, 0) is 51.3 Å². The number of ether oxygens (including phenoxy) is 6. The van der Waals surface area contributed by atoms with E-state index in [-0.39, 0.29) is 24.8 Å². The van der Waals surface area contributed by atoms with Crippen LogP contribution >= 0.6 is 0 Å². The van der Waals surface area contributed by atoms with Gasteiger partial charge in [0.1, 0.15) is 30.3 Å². The molecule has 2 aromatic carbocycles. The molecule has 1 aliphatic heterocycles. The lowest BCUT2D eigenvalue weighted by atomic mass is 9.46. The summed E-state index contributed by atoms with van der Waals surface area (Å²) >= 11 is 0. The summed E-state index contributed by atoms with van der Waals surface area (Å²) in [6, 6.07) is 17.5. The Morgan fingerprint density at radius 1 is 0.796 bits per heavy atom. The lowest BCUT2D eigenvalue weighted by Gasteiger charge is -2.65. The molecule has 2 saturated carbocycles. The summed E-state index contributed by atoms with van der Waals surface area (Å²) in [5.74, 6) is -4.23. The van der Waals surface area contributed by atoms with Crippen LogP contribution in [-0.4, -0.2) is 82.8 Å². The highest BCUT2D eigenvalue weighted by Crippen LogP contribution is 2.69. The van der Waals surface area contributed by atoms with Crippen LogP contribution in [-0.2, 0) is 54.0 Å². The van der Waals surface area contributed by atoms with E-state index in [2.05, 4.69) is 0 Å². The van der Waals surface area contributed by atoms with Crippen molar-refractivity contribution in [2.45, 2.75) is 108 Å². The molecule has 0 amide bonds. The van der Waals surface area contributed by atoms with Crippen molar-refractivity contribution in [3.63, 3.8) is 0 Å². The molecule has 3 aliphatic rings. The maximum atomic E-state index is 13.8. The highest BCUT2D eigenvalue weighted by molar-refractivity contribution is 5.89. The number of aliphatic hydroxyl groups is 1. The first kappa shape index (κ1) is 36.0. The molecule has 12 nitrogen and oxygen atoms in total. The van der Waals surface area contributed by atoms with Crippen LogP contribution in [0.1, 0.15) is 76.7 Å². The number of carbonyl (C=O) groups is 5. The molecule has 264 valence electrons. The smallest absolute Gasteiger partial charge is 0.338 e. The van der Waals surface area contributed by atoms with Crippen molar-refractivity contribution >= 4 is 29.8 Å². The predicted octanol–water partition coefficient (Wildman–Crippen LogP) is 3.89. The van der Waals surface area contributed by atoms with Crippen LogP contribution in [0.2, 0.25) is 0 Å². The van der Waals surface area contributed by atoms with Crippen LogP contribution in [0.15, 0.2) is 60.7 Å². The van der Waals surface area contributed by atoms with E-state index in [1.807, 2.05) is 30.3 Å². The van der Waals surface area contributed by atoms with E-state index in [0.29, 0.717) is 6.42 Å². The fourth-order valence-electron chi connectivity index (χ4n) is 8.30. The van der Waals surface area contributed by atoms with Gasteiger partial charge in [-0.15, -0.1) is 0 Å². The number of hydrogen-bond donors (Lipinski definition) is 1. The Bertz CT molecular complexity index is 1570. The normalized spacial score (nSPS) is 32.6. The van der Waals surface area contributed by atoms with E-state index in [1.165, 1.54) is 27.7 Å². The van der Waals surface area contributed by atoms with Gasteiger partial charge in [0, 0.05) is 39.5 Å². The third-order valence-corrected chi connectivity index (χ3v) is 10.2. The maximum absolute atomic E-state index is 13.8. The summed E-state index contributed by atoms with van der Waals surface area (Å²) in [5.41, 5.74) is -6.03. The van der Waals surface area contributed by atoms with Gasteiger partial charge in [0.2, 0.25) is 0 Å². The van der Waals surface area contributed by atoms with Crippen molar-refractivity contribution in [1.29, 1.82) is 0 Å². The first-order valence-electron chi connectivity index (χ1n) is 16.4. The van der Waals surface area contributed by atoms with Gasteiger partial charge in [0.25, 0.3) is 0 Å². The van der Waals surface area contributed by atoms with Crippen LogP contribution in [0.3, 0.4) is 0 Å². The Kier molecular flexibility index (Phi) is 9.96. The fraction of sp³-hybridized carbons (Fsp3) is 0.541. The highest BCUT2D eigenvalue weighted by atomic mass is 16.6. The van der Waals surface area contributed by atoms with Crippen LogP contribution < -0.4 is 0 Å². The number of aryl methyl sites for hydroxylation is 1. The Labute approximate surface area is 285 Å². The molecule has 2 aliphatic carbocycles. The lowest BCUT2D eigenvalue weighted by molar-refractivity contribution is -0.356. The molecule has 1 N–H and O–H groups in total. The van der Waals surface area contributed by atoms with Crippen molar-refractivity contribution in [2.24, 2.45) is 11.3 Å². The molecule has 0 aromatic heterocycles. The molecule has 0 unspecified atom stereocenters. The standard InChI is InChI=1S/C37H44O12/c1-22(38)44-21-36-29(47-33(42)26-15-11-8-12-16-26)19-27-31(46-24(3)40)37(36,49-34(27,4)5)35(6,43)20-28(45-23(2)39)32(36)48-30(41)18-17-25-13-9-7-10-14-25/h7-16,27-29,31-32,43H,17-21H2,1-6H3/t27-,28+,29+,31-,32+,35+,36-,37+/m1/s1. The lowest BCUT2D eigenvalue weighted by Crippen LogP contribution is -2.83. The zero-order valence-electron chi connectivity index (χ0n) is 28.6. The second kappa shape index (κ2) is 13.5. The number of rotatable bonds is 10. The zero-order valence-corrected chi connectivity index (χ0v) is 28.6. The summed E-state index contributed by atoms with van der Waals surface area (Å²) in [5, 5.41) is 12.6. The van der Waals surface area contributed by atoms with Crippen molar-refractivity contribution in [2.75, 3.05) is 6.61 Å². The van der Waals surface area contributed by atoms with Gasteiger partial charge >= 0.3 is 29.8 Å². The fourth-order valence-corrected chi connectivity index (χ4v) is 8.30. The number of hydrogen-bond acceptors (Lipinski definition) is 12. The number of carbonyl (C=O) groups excluding carboxylic acids is 5. The average Bonchev–Trinajstić information content (AvgIpc) is 3.19. The monoisotopic (exact) mass is 680 g/mol. The van der Waals surface area contributed by atoms with Gasteiger partial charge < -0.3 is 33.5 Å². The van der Waals surface area contributed by atoms with Gasteiger partial charge in [-0.3, -0.25) is 19.2 Å². The predicted molar refractivity (Wildman–Crippen MR) is 172 cm³/mol. The minimum absolute atomic E-state index is 0.0204. The van der Waals surface area contributed by atoms with E-state index < -0.39 is 89.0 Å². The van der Waals surface area contributed by atoms with Gasteiger partial charge in [-0.25, -0.2) is 4.79 Å². The minimum Gasteiger partial charge on any atom is -0.465 e. The topological polar surface area (TPSA) is 161 Å². The molecule has 2 aromatic rings. The molecule has 1 heterocycles. The number of fused-ring (bicyclic) bond motifs is 1. The van der Waals surface area contributed by atoms with Crippen LogP contribution in [0.25, 0.3) is 0 Å². The van der Waals surface area contributed by atoms with Crippen LogP contribution in [0, 0.1) is 11.3 Å². The SMILES string of the molecule is CC(=O)OC[C@]12[C@@H](OC(=O)c3ccccc3)C[C@@H]3[C@@H](OC(C)=O)[C@]1(OC3(C)C)[C@@](C)(O)C[C@H](OC(C)=O)[C@@H]2OC(=O)CCc1ccccc1. The summed E-state index contributed by atoms with van der Waals surface area (Å²) in [6.45, 7) is 7.90. The Morgan fingerprint density at radius 3 is 2.00 bits per heavy atom. The van der Waals surface area contributed by atoms with E-state index in [1.54, 1.807) is 44.2 Å². The second-order valence-corrected chi connectivity index (χ2v) is 13.9. The number of benzene rings is 2. The largest absolute Gasteiger partial charge is 0.465 e. The van der Waals surface area contributed by atoms with Crippen molar-refractivity contribution in [3.8, 4) is 0 Å². The number of esters is 5. The minimum atomic E-state index is -2.02. The first-order valence-corrected chi connectivity index (χ1v) is 16.4. The molecular weight excluding hydrogens is 636 g/mol. The third kappa shape index (κ3) is 6.55. The van der Waals surface area contributed by atoms with Gasteiger partial charge in [0.15, 0.2) is 11.7 Å². The van der Waals surface area contributed by atoms with Gasteiger partial charge in [0.05, 0.1) is 16.8 Å². The Balaban J connectivity index is 1.73. The highest BCUT2D eigenvalue weighted by Gasteiger charge is 2.86.